The van der Waals surface area contributed by atoms with Crippen LogP contribution in [0.1, 0.15) is 6.92 Å². The second-order valence-electron chi connectivity index (χ2n) is 5.68. The molecule has 0 aliphatic rings. The number of azo groups is 1. The Morgan fingerprint density at radius 3 is 2.28 bits per heavy atom. The van der Waals surface area contributed by atoms with Crippen molar-refractivity contribution in [2.45, 2.75) is 13.0 Å². The highest BCUT2D eigenvalue weighted by molar-refractivity contribution is 6.32. The first kappa shape index (κ1) is 21.8. The second kappa shape index (κ2) is 9.60. The van der Waals surface area contributed by atoms with Crippen LogP contribution in [0.5, 0.6) is 11.5 Å². The van der Waals surface area contributed by atoms with E-state index in [0.717, 1.165) is 0 Å². The molecule has 0 fully saturated rings. The number of methoxy groups -OCH3 is 2. The van der Waals surface area contributed by atoms with Crippen LogP contribution >= 0.6 is 11.6 Å². The van der Waals surface area contributed by atoms with E-state index in [4.69, 9.17) is 21.1 Å². The Morgan fingerprint density at radius 1 is 1.14 bits per heavy atom. The van der Waals surface area contributed by atoms with Crippen LogP contribution in [0.2, 0.25) is 5.02 Å². The summed E-state index contributed by atoms with van der Waals surface area (Å²) in [4.78, 5) is 34.6. The van der Waals surface area contributed by atoms with E-state index in [1.165, 1.54) is 57.5 Å². The van der Waals surface area contributed by atoms with Crippen LogP contribution < -0.4 is 14.8 Å². The fourth-order valence-electron chi connectivity index (χ4n) is 2.24. The fraction of sp³-hybridized carbons (Fsp3) is 0.222. The number of halogens is 1. The number of non-ortho nitro benzene ring substituents is 1. The van der Waals surface area contributed by atoms with Crippen molar-refractivity contribution in [1.82, 2.24) is 0 Å². The normalized spacial score (nSPS) is 11.7. The van der Waals surface area contributed by atoms with Gasteiger partial charge in [-0.2, -0.15) is 10.2 Å². The largest absolute Gasteiger partial charge is 0.495 e. The predicted molar refractivity (Wildman–Crippen MR) is 105 cm³/mol. The average Bonchev–Trinajstić information content (AvgIpc) is 2.69. The van der Waals surface area contributed by atoms with Crippen LogP contribution in [-0.4, -0.2) is 36.9 Å². The zero-order chi connectivity index (χ0) is 21.6. The van der Waals surface area contributed by atoms with Gasteiger partial charge in [-0.3, -0.25) is 19.7 Å². The molecule has 2 aromatic rings. The standard InChI is InChI=1S/C18H17ClN4O6/c1-10(24)17(22-21-11-4-6-12(7-5-11)23(26)27)18(25)20-14-9-15(28-2)13(19)8-16(14)29-3/h4-9,17H,1-3H3,(H,20,25). The number of ether oxygens (including phenoxy) is 2. The van der Waals surface area contributed by atoms with Crippen LogP contribution in [0.15, 0.2) is 46.6 Å². The van der Waals surface area contributed by atoms with Gasteiger partial charge in [0.15, 0.2) is 5.78 Å². The van der Waals surface area contributed by atoms with Gasteiger partial charge in [0.05, 0.1) is 35.5 Å². The van der Waals surface area contributed by atoms with E-state index in [9.17, 15) is 19.7 Å². The number of carbonyl (C=O) groups is 2. The van der Waals surface area contributed by atoms with Crippen molar-refractivity contribution in [3.63, 3.8) is 0 Å². The van der Waals surface area contributed by atoms with Gasteiger partial charge in [-0.1, -0.05) is 11.6 Å². The molecule has 0 heterocycles. The number of hydrogen-bond acceptors (Lipinski definition) is 8. The predicted octanol–water partition coefficient (Wildman–Crippen LogP) is 3.95. The lowest BCUT2D eigenvalue weighted by atomic mass is 10.2. The topological polar surface area (TPSA) is 132 Å². The smallest absolute Gasteiger partial charge is 0.269 e. The summed E-state index contributed by atoms with van der Waals surface area (Å²) in [5.41, 5.74) is 0.365. The molecular formula is C18H17ClN4O6. The van der Waals surface area contributed by atoms with Crippen molar-refractivity contribution in [3.8, 4) is 11.5 Å². The lowest BCUT2D eigenvalue weighted by Crippen LogP contribution is -2.32. The Balaban J connectivity index is 2.24. The van der Waals surface area contributed by atoms with Crippen molar-refractivity contribution >= 4 is 40.4 Å². The molecule has 0 aliphatic carbocycles. The summed E-state index contributed by atoms with van der Waals surface area (Å²) in [6.07, 6.45) is 0. The molecule has 11 heteroatoms. The molecule has 0 radical (unpaired) electrons. The quantitative estimate of drug-likeness (QED) is 0.297. The molecule has 0 bridgehead atoms. The van der Waals surface area contributed by atoms with E-state index in [2.05, 4.69) is 15.5 Å². The van der Waals surface area contributed by atoms with Crippen LogP contribution in [0.3, 0.4) is 0 Å². The highest BCUT2D eigenvalue weighted by atomic mass is 35.5. The second-order valence-corrected chi connectivity index (χ2v) is 6.09. The molecule has 0 spiro atoms. The number of nitrogens with one attached hydrogen (secondary N) is 1. The van der Waals surface area contributed by atoms with Gasteiger partial charge in [0.2, 0.25) is 6.04 Å². The van der Waals surface area contributed by atoms with Gasteiger partial charge in [0.1, 0.15) is 11.5 Å². The maximum absolute atomic E-state index is 12.6. The Hall–Kier alpha value is -3.53. The number of nitro groups is 1. The van der Waals surface area contributed by atoms with Crippen molar-refractivity contribution in [1.29, 1.82) is 0 Å². The number of carbonyl (C=O) groups excluding carboxylic acids is 2. The molecule has 1 amide bonds. The zero-order valence-corrected chi connectivity index (χ0v) is 16.5. The van der Waals surface area contributed by atoms with Crippen molar-refractivity contribution in [2.75, 3.05) is 19.5 Å². The summed E-state index contributed by atoms with van der Waals surface area (Å²) in [6, 6.07) is 6.65. The number of rotatable bonds is 8. The van der Waals surface area contributed by atoms with Crippen LogP contribution in [0, 0.1) is 10.1 Å². The monoisotopic (exact) mass is 420 g/mol. The molecule has 0 saturated heterocycles. The van der Waals surface area contributed by atoms with Gasteiger partial charge in [-0.05, 0) is 19.1 Å². The maximum Gasteiger partial charge on any atom is 0.269 e. The number of Topliss-reactive ketones (excluding diaryl/α,β-unsaturated/α-hetero) is 1. The molecule has 2 rings (SSSR count). The number of benzene rings is 2. The molecule has 1 N–H and O–H groups in total. The summed E-state index contributed by atoms with van der Waals surface area (Å²) < 4.78 is 10.3. The van der Waals surface area contributed by atoms with Gasteiger partial charge >= 0.3 is 0 Å². The SMILES string of the molecule is COc1cc(NC(=O)C(N=Nc2ccc([N+](=O)[O-])cc2)C(C)=O)c(OC)cc1Cl. The number of nitro benzene ring substituents is 1. The minimum Gasteiger partial charge on any atom is -0.495 e. The first-order chi connectivity index (χ1) is 13.8. The van der Waals surface area contributed by atoms with Crippen LogP contribution in [0.4, 0.5) is 17.1 Å². The number of ketones is 1. The third kappa shape index (κ3) is 5.48. The van der Waals surface area contributed by atoms with Crippen LogP contribution in [-0.2, 0) is 9.59 Å². The highest BCUT2D eigenvalue weighted by Crippen LogP contribution is 2.36. The number of hydrogen-bond donors (Lipinski definition) is 1. The molecule has 1 unspecified atom stereocenters. The van der Waals surface area contributed by atoms with E-state index in [1.54, 1.807) is 0 Å². The fourth-order valence-corrected chi connectivity index (χ4v) is 2.47. The molecule has 152 valence electrons. The molecule has 1 atom stereocenters. The number of anilines is 1. The van der Waals surface area contributed by atoms with Gasteiger partial charge < -0.3 is 14.8 Å². The number of amides is 1. The molecule has 0 saturated carbocycles. The summed E-state index contributed by atoms with van der Waals surface area (Å²) in [6.45, 7) is 1.19. The van der Waals surface area contributed by atoms with E-state index < -0.39 is 22.7 Å². The summed E-state index contributed by atoms with van der Waals surface area (Å²) in [5.74, 6) is -0.729. The lowest BCUT2D eigenvalue weighted by molar-refractivity contribution is -0.384. The minimum atomic E-state index is -1.43. The van der Waals surface area contributed by atoms with Crippen molar-refractivity contribution < 1.29 is 24.0 Å². The number of nitrogens with zero attached hydrogens (tertiary/aromatic N) is 3. The maximum atomic E-state index is 12.6. The minimum absolute atomic E-state index is 0.117. The van der Waals surface area contributed by atoms with Crippen LogP contribution in [0.25, 0.3) is 0 Å². The summed E-state index contributed by atoms with van der Waals surface area (Å²) in [7, 11) is 2.81. The molecular weight excluding hydrogens is 404 g/mol. The first-order valence-corrected chi connectivity index (χ1v) is 8.52. The summed E-state index contributed by atoms with van der Waals surface area (Å²) >= 11 is 6.03. The van der Waals surface area contributed by atoms with Crippen molar-refractivity contribution in [3.05, 3.63) is 51.5 Å². The highest BCUT2D eigenvalue weighted by Gasteiger charge is 2.25. The average molecular weight is 421 g/mol. The van der Waals surface area contributed by atoms with Gasteiger partial charge in [0.25, 0.3) is 11.6 Å². The third-order valence-electron chi connectivity index (χ3n) is 3.71. The molecule has 29 heavy (non-hydrogen) atoms. The Labute approximate surface area is 170 Å². The Bertz CT molecular complexity index is 962. The van der Waals surface area contributed by atoms with E-state index >= 15 is 0 Å². The van der Waals surface area contributed by atoms with E-state index in [0.29, 0.717) is 5.75 Å². The van der Waals surface area contributed by atoms with Gasteiger partial charge in [-0.25, -0.2) is 0 Å². The Morgan fingerprint density at radius 2 is 1.76 bits per heavy atom. The lowest BCUT2D eigenvalue weighted by Gasteiger charge is -2.14. The summed E-state index contributed by atoms with van der Waals surface area (Å²) in [5, 5.41) is 21.1. The van der Waals surface area contributed by atoms with E-state index in [-0.39, 0.29) is 27.8 Å². The van der Waals surface area contributed by atoms with Gasteiger partial charge in [0, 0.05) is 24.3 Å². The van der Waals surface area contributed by atoms with Crippen molar-refractivity contribution in [2.24, 2.45) is 10.2 Å². The Kier molecular flexibility index (Phi) is 7.21. The molecule has 2 aromatic carbocycles. The zero-order valence-electron chi connectivity index (χ0n) is 15.7. The van der Waals surface area contributed by atoms with Gasteiger partial charge in [-0.15, -0.1) is 0 Å². The molecule has 0 aromatic heterocycles. The third-order valence-corrected chi connectivity index (χ3v) is 4.01. The molecule has 10 nitrogen and oxygen atoms in total. The van der Waals surface area contributed by atoms with E-state index in [1.807, 2.05) is 0 Å². The molecule has 0 aliphatic heterocycles. The first-order valence-electron chi connectivity index (χ1n) is 8.15.